The van der Waals surface area contributed by atoms with Gasteiger partial charge in [-0.25, -0.2) is 0 Å². The average molecular weight is 671 g/mol. The van der Waals surface area contributed by atoms with E-state index in [4.69, 9.17) is 4.42 Å². The Morgan fingerprint density at radius 2 is 1.21 bits per heavy atom. The summed E-state index contributed by atoms with van der Waals surface area (Å²) in [7, 11) is 0. The summed E-state index contributed by atoms with van der Waals surface area (Å²) >= 11 is 0. The summed E-state index contributed by atoms with van der Waals surface area (Å²) in [5, 5.41) is 12.1. The molecule has 0 fully saturated rings. The lowest BCUT2D eigenvalue weighted by molar-refractivity contribution is 0.669. The fourth-order valence-corrected chi connectivity index (χ4v) is 9.51. The zero-order chi connectivity index (χ0) is 34.4. The van der Waals surface area contributed by atoms with Crippen molar-refractivity contribution in [2.24, 2.45) is 0 Å². The highest BCUT2D eigenvalue weighted by Crippen LogP contribution is 2.50. The summed E-state index contributed by atoms with van der Waals surface area (Å²) in [6.07, 6.45) is 0. The van der Waals surface area contributed by atoms with Crippen LogP contribution >= 0.6 is 0 Å². The standard InChI is InChI=1S/C50H26N2O/c1-2-11-30-26-32(21-20-29(30)10-1)51-41-18-7-5-15-37(41)48-43(51)23-22-39-47-42(24-25-45-49(47)38-16-6-8-19-44(38)53-45)52(50(39)48)33-27-31-12-9-17-36-34-13-3-4-14-35(34)40(28-33)46(31)36/h1-3,5-13,15-28H. The van der Waals surface area contributed by atoms with Gasteiger partial charge in [-0.05, 0) is 99.4 Å². The molecule has 1 aliphatic carbocycles. The lowest BCUT2D eigenvalue weighted by Gasteiger charge is -2.13. The summed E-state index contributed by atoms with van der Waals surface area (Å²) in [6, 6.07) is 64.0. The van der Waals surface area contributed by atoms with E-state index in [0.29, 0.717) is 0 Å². The zero-order valence-corrected chi connectivity index (χ0v) is 28.3. The van der Waals surface area contributed by atoms with Crippen LogP contribution in [0.25, 0.3) is 121 Å². The molecule has 0 N–H and O–H groups in total. The van der Waals surface area contributed by atoms with Crippen molar-refractivity contribution in [1.82, 2.24) is 9.13 Å². The molecule has 0 radical (unpaired) electrons. The molecule has 242 valence electrons. The smallest absolute Gasteiger partial charge is 0.136 e. The normalized spacial score (nSPS) is 12.4. The van der Waals surface area contributed by atoms with Gasteiger partial charge in [0.2, 0.25) is 0 Å². The second-order valence-electron chi connectivity index (χ2n) is 14.3. The number of para-hydroxylation sites is 2. The van der Waals surface area contributed by atoms with Gasteiger partial charge < -0.3 is 13.6 Å². The van der Waals surface area contributed by atoms with Crippen LogP contribution in [0.3, 0.4) is 0 Å². The summed E-state index contributed by atoms with van der Waals surface area (Å²) < 4.78 is 11.5. The Balaban J connectivity index is 1.24. The maximum atomic E-state index is 6.50. The fourth-order valence-electron chi connectivity index (χ4n) is 9.51. The number of hydrogen-bond acceptors (Lipinski definition) is 1. The third-order valence-corrected chi connectivity index (χ3v) is 11.6. The van der Waals surface area contributed by atoms with Gasteiger partial charge in [0, 0.05) is 54.8 Å². The predicted molar refractivity (Wildman–Crippen MR) is 220 cm³/mol. The van der Waals surface area contributed by atoms with E-state index in [9.17, 15) is 0 Å². The number of nitrogens with zero attached hydrogens (tertiary/aromatic N) is 2. The summed E-state index contributed by atoms with van der Waals surface area (Å²) in [6.45, 7) is 0. The molecule has 0 spiro atoms. The number of benzene rings is 8. The van der Waals surface area contributed by atoms with E-state index in [2.05, 4.69) is 173 Å². The minimum absolute atomic E-state index is 0.900. The van der Waals surface area contributed by atoms with Crippen molar-refractivity contribution < 1.29 is 4.42 Å². The molecule has 3 heteroatoms. The molecule has 0 amide bonds. The van der Waals surface area contributed by atoms with Crippen LogP contribution in [-0.4, -0.2) is 9.13 Å². The van der Waals surface area contributed by atoms with E-state index in [0.717, 1.165) is 44.4 Å². The van der Waals surface area contributed by atoms with Gasteiger partial charge >= 0.3 is 0 Å². The molecule has 12 aromatic rings. The van der Waals surface area contributed by atoms with Gasteiger partial charge in [0.1, 0.15) is 11.2 Å². The van der Waals surface area contributed by atoms with Gasteiger partial charge in [-0.1, -0.05) is 103 Å². The van der Waals surface area contributed by atoms with Crippen molar-refractivity contribution in [3.63, 3.8) is 0 Å². The summed E-state index contributed by atoms with van der Waals surface area (Å²) in [5.41, 5.74) is 13.6. The first-order chi connectivity index (χ1) is 26.3. The van der Waals surface area contributed by atoms with Crippen LogP contribution in [0.5, 0.6) is 0 Å². The molecule has 0 atom stereocenters. The molecule has 1 aliphatic rings. The second kappa shape index (κ2) is 9.73. The van der Waals surface area contributed by atoms with E-state index in [-0.39, 0.29) is 0 Å². The van der Waals surface area contributed by atoms with Crippen molar-refractivity contribution in [2.45, 2.75) is 0 Å². The maximum absolute atomic E-state index is 6.50. The minimum atomic E-state index is 0.900. The van der Waals surface area contributed by atoms with Crippen molar-refractivity contribution in [2.75, 3.05) is 0 Å². The molecule has 3 aromatic heterocycles. The molecule has 0 saturated carbocycles. The first kappa shape index (κ1) is 27.4. The van der Waals surface area contributed by atoms with E-state index in [1.165, 1.54) is 76.3 Å². The summed E-state index contributed by atoms with van der Waals surface area (Å²) in [5.74, 6) is 0. The Morgan fingerprint density at radius 3 is 2.17 bits per heavy atom. The molecule has 9 aromatic carbocycles. The van der Waals surface area contributed by atoms with Crippen molar-refractivity contribution in [1.29, 1.82) is 0 Å². The van der Waals surface area contributed by atoms with Gasteiger partial charge in [0.25, 0.3) is 0 Å². The number of hydrogen-bond donors (Lipinski definition) is 0. The Morgan fingerprint density at radius 1 is 0.415 bits per heavy atom. The van der Waals surface area contributed by atoms with E-state index in [1.807, 2.05) is 6.07 Å². The monoisotopic (exact) mass is 670 g/mol. The number of furan rings is 1. The molecule has 3 nitrogen and oxygen atoms in total. The minimum Gasteiger partial charge on any atom is -0.456 e. The van der Waals surface area contributed by atoms with Crippen molar-refractivity contribution in [3.8, 4) is 33.6 Å². The molecule has 53 heavy (non-hydrogen) atoms. The molecular weight excluding hydrogens is 645 g/mol. The lowest BCUT2D eigenvalue weighted by atomic mass is 10.0. The highest BCUT2D eigenvalue weighted by atomic mass is 16.3. The van der Waals surface area contributed by atoms with Crippen LogP contribution in [-0.2, 0) is 0 Å². The van der Waals surface area contributed by atoms with E-state index in [1.54, 1.807) is 0 Å². The van der Waals surface area contributed by atoms with Gasteiger partial charge in [-0.15, -0.1) is 0 Å². The zero-order valence-electron chi connectivity index (χ0n) is 28.3. The van der Waals surface area contributed by atoms with Crippen molar-refractivity contribution in [3.05, 3.63) is 170 Å². The van der Waals surface area contributed by atoms with Gasteiger partial charge in [-0.3, -0.25) is 0 Å². The van der Waals surface area contributed by atoms with Gasteiger partial charge in [0.15, 0.2) is 0 Å². The molecule has 3 heterocycles. The third-order valence-electron chi connectivity index (χ3n) is 11.6. The first-order valence-electron chi connectivity index (χ1n) is 18.1. The highest BCUT2D eigenvalue weighted by Gasteiger charge is 2.26. The molecular formula is C50H26N2O. The molecule has 0 bridgehead atoms. The van der Waals surface area contributed by atoms with Gasteiger partial charge in [-0.2, -0.15) is 0 Å². The first-order valence-corrected chi connectivity index (χ1v) is 18.1. The number of aromatic nitrogens is 2. The summed E-state index contributed by atoms with van der Waals surface area (Å²) in [4.78, 5) is 0. The maximum Gasteiger partial charge on any atom is 0.136 e. The second-order valence-corrected chi connectivity index (χ2v) is 14.3. The Labute approximate surface area is 303 Å². The third kappa shape index (κ3) is 3.45. The topological polar surface area (TPSA) is 23.0 Å². The highest BCUT2D eigenvalue weighted by molar-refractivity contribution is 6.33. The van der Waals surface area contributed by atoms with E-state index < -0.39 is 0 Å². The molecule has 13 rings (SSSR count). The van der Waals surface area contributed by atoms with Crippen LogP contribution in [0.4, 0.5) is 0 Å². The van der Waals surface area contributed by atoms with Crippen LogP contribution in [0.1, 0.15) is 0 Å². The van der Waals surface area contributed by atoms with Crippen molar-refractivity contribution >= 4 is 87.1 Å². The Kier molecular flexibility index (Phi) is 5.04. The van der Waals surface area contributed by atoms with E-state index >= 15 is 0 Å². The van der Waals surface area contributed by atoms with Gasteiger partial charge in [0.05, 0.1) is 22.1 Å². The largest absolute Gasteiger partial charge is 0.456 e. The predicted octanol–water partition coefficient (Wildman–Crippen LogP) is 13.3. The van der Waals surface area contributed by atoms with Crippen LogP contribution in [0.15, 0.2) is 162 Å². The fraction of sp³-hybridized carbons (Fsp3) is 0. The molecule has 0 unspecified atom stereocenters. The molecule has 0 saturated heterocycles. The SMILES string of the molecule is c1ccc2c(c#1)-c1cc(-n3c4ccc5oc6ccccc6c5c4c4ccc5c(c6ccccc6n5-c5ccc6ccccc6c5)c43)cc3cccc-2c13. The van der Waals surface area contributed by atoms with Crippen LogP contribution in [0.2, 0.25) is 0 Å². The van der Waals surface area contributed by atoms with Crippen LogP contribution < -0.4 is 0 Å². The lowest BCUT2D eigenvalue weighted by Crippen LogP contribution is -1.96. The average Bonchev–Trinajstić information content (AvgIpc) is 3.95. The quantitative estimate of drug-likeness (QED) is 0.179. The Bertz CT molecular complexity index is 3570. The van der Waals surface area contributed by atoms with Crippen LogP contribution in [0, 0.1) is 12.1 Å². The number of fused-ring (bicyclic) bond motifs is 15. The number of rotatable bonds is 2. The Hall–Kier alpha value is -7.28. The molecule has 0 aliphatic heterocycles.